The summed E-state index contributed by atoms with van der Waals surface area (Å²) in [4.78, 5) is 13.8. The van der Waals surface area contributed by atoms with Gasteiger partial charge in [-0.25, -0.2) is 4.98 Å². The molecule has 31 heavy (non-hydrogen) atoms. The first-order valence-corrected chi connectivity index (χ1v) is 11.0. The van der Waals surface area contributed by atoms with E-state index in [4.69, 9.17) is 19.2 Å². The second-order valence-electron chi connectivity index (χ2n) is 8.39. The number of oxazole rings is 1. The predicted octanol–water partition coefficient (Wildman–Crippen LogP) is 3.33. The van der Waals surface area contributed by atoms with Crippen molar-refractivity contribution in [1.82, 2.24) is 19.7 Å². The zero-order valence-electron chi connectivity index (χ0n) is 17.7. The van der Waals surface area contributed by atoms with Crippen LogP contribution in [0.2, 0.25) is 0 Å². The summed E-state index contributed by atoms with van der Waals surface area (Å²) in [5.74, 6) is 0.466. The molecule has 1 aromatic carbocycles. The van der Waals surface area contributed by atoms with Gasteiger partial charge in [-0.15, -0.1) is 0 Å². The first kappa shape index (κ1) is 18.6. The molecule has 8 nitrogen and oxygen atoms in total. The van der Waals surface area contributed by atoms with Crippen LogP contribution in [-0.2, 0) is 11.8 Å². The number of nitrogens with zero attached hydrogens (tertiary/aromatic N) is 6. The van der Waals surface area contributed by atoms with E-state index in [1.54, 1.807) is 0 Å². The van der Waals surface area contributed by atoms with Gasteiger partial charge in [0.1, 0.15) is 5.52 Å². The molecule has 0 unspecified atom stereocenters. The topological polar surface area (TPSA) is 72.5 Å². The highest BCUT2D eigenvalue weighted by Crippen LogP contribution is 2.34. The van der Waals surface area contributed by atoms with Crippen LogP contribution in [0.3, 0.4) is 0 Å². The molecule has 6 rings (SSSR count). The first-order chi connectivity index (χ1) is 15.3. The number of benzene rings is 1. The number of fused-ring (bicyclic) bond motifs is 2. The maximum absolute atomic E-state index is 5.99. The van der Waals surface area contributed by atoms with Gasteiger partial charge in [0.05, 0.1) is 18.9 Å². The summed E-state index contributed by atoms with van der Waals surface area (Å²) < 4.78 is 13.3. The van der Waals surface area contributed by atoms with Gasteiger partial charge in [-0.2, -0.15) is 10.1 Å². The Morgan fingerprint density at radius 3 is 2.68 bits per heavy atom. The zero-order valence-corrected chi connectivity index (χ0v) is 17.7. The molecule has 0 aliphatic carbocycles. The fourth-order valence-electron chi connectivity index (χ4n) is 4.82. The molecule has 0 amide bonds. The molecule has 5 heterocycles. The Morgan fingerprint density at radius 1 is 1.00 bits per heavy atom. The third kappa shape index (κ3) is 3.31. The minimum absolute atomic E-state index is 0.466. The van der Waals surface area contributed by atoms with Gasteiger partial charge in [0.25, 0.3) is 6.01 Å². The number of anilines is 2. The van der Waals surface area contributed by atoms with Crippen molar-refractivity contribution < 1.29 is 9.15 Å². The standard InChI is InChI=1S/C23H26N6O2/c1-27-22-18(3-2-8-24-22)21(26-27)16-6-9-28(10-7-16)17-4-5-20-19(15-17)25-23(31-20)29-11-13-30-14-12-29/h2-5,8,15-16H,6-7,9-14H2,1H3. The second-order valence-corrected chi connectivity index (χ2v) is 8.39. The first-order valence-electron chi connectivity index (χ1n) is 11.0. The van der Waals surface area contributed by atoms with Crippen LogP contribution in [0.15, 0.2) is 40.9 Å². The Labute approximate surface area is 180 Å². The molecular weight excluding hydrogens is 392 g/mol. The molecule has 0 atom stereocenters. The van der Waals surface area contributed by atoms with Gasteiger partial charge in [-0.3, -0.25) is 4.68 Å². The third-order valence-electron chi connectivity index (χ3n) is 6.52. The summed E-state index contributed by atoms with van der Waals surface area (Å²) in [5, 5.41) is 5.98. The van der Waals surface area contributed by atoms with E-state index in [9.17, 15) is 0 Å². The Kier molecular flexibility index (Phi) is 4.52. The van der Waals surface area contributed by atoms with E-state index in [0.29, 0.717) is 11.9 Å². The van der Waals surface area contributed by atoms with Crippen molar-refractivity contribution >= 4 is 33.8 Å². The highest BCUT2D eigenvalue weighted by Gasteiger charge is 2.26. The number of aryl methyl sites for hydroxylation is 1. The SMILES string of the molecule is Cn1nc(C2CCN(c3ccc4oc(N5CCOCC5)nc4c3)CC2)c2cccnc21. The van der Waals surface area contributed by atoms with Gasteiger partial charge in [-0.1, -0.05) is 0 Å². The molecule has 0 spiro atoms. The van der Waals surface area contributed by atoms with E-state index in [-0.39, 0.29) is 0 Å². The number of rotatable bonds is 3. The lowest BCUT2D eigenvalue weighted by Gasteiger charge is -2.33. The molecule has 0 saturated carbocycles. The number of aromatic nitrogens is 4. The summed E-state index contributed by atoms with van der Waals surface area (Å²) in [7, 11) is 1.98. The molecule has 2 aliphatic heterocycles. The number of piperidine rings is 1. The molecule has 2 fully saturated rings. The van der Waals surface area contributed by atoms with Crippen LogP contribution in [0.4, 0.5) is 11.7 Å². The molecule has 2 saturated heterocycles. The highest BCUT2D eigenvalue weighted by atomic mass is 16.5. The maximum Gasteiger partial charge on any atom is 0.298 e. The monoisotopic (exact) mass is 418 g/mol. The second kappa shape index (κ2) is 7.53. The normalized spacial score (nSPS) is 18.4. The van der Waals surface area contributed by atoms with Gasteiger partial charge in [0.15, 0.2) is 11.2 Å². The number of pyridine rings is 1. The molecule has 0 bridgehead atoms. The van der Waals surface area contributed by atoms with Gasteiger partial charge in [-0.05, 0) is 43.2 Å². The van der Waals surface area contributed by atoms with Crippen LogP contribution in [-0.4, -0.2) is 59.1 Å². The van der Waals surface area contributed by atoms with Gasteiger partial charge < -0.3 is 19.0 Å². The Bertz CT molecular complexity index is 1220. The molecule has 160 valence electrons. The molecule has 0 radical (unpaired) electrons. The Morgan fingerprint density at radius 2 is 1.84 bits per heavy atom. The van der Waals surface area contributed by atoms with E-state index in [0.717, 1.165) is 69.0 Å². The van der Waals surface area contributed by atoms with Crippen molar-refractivity contribution in [3.8, 4) is 0 Å². The maximum atomic E-state index is 5.99. The predicted molar refractivity (Wildman–Crippen MR) is 120 cm³/mol. The van der Waals surface area contributed by atoms with Crippen molar-refractivity contribution in [3.63, 3.8) is 0 Å². The van der Waals surface area contributed by atoms with E-state index in [1.807, 2.05) is 30.1 Å². The van der Waals surface area contributed by atoms with Crippen LogP contribution < -0.4 is 9.80 Å². The van der Waals surface area contributed by atoms with Crippen molar-refractivity contribution in [2.75, 3.05) is 49.2 Å². The Hall–Kier alpha value is -3.13. The third-order valence-corrected chi connectivity index (χ3v) is 6.52. The fourth-order valence-corrected chi connectivity index (χ4v) is 4.82. The van der Waals surface area contributed by atoms with E-state index < -0.39 is 0 Å². The van der Waals surface area contributed by atoms with Crippen molar-refractivity contribution in [2.24, 2.45) is 7.05 Å². The zero-order chi connectivity index (χ0) is 20.8. The fraction of sp³-hybridized carbons (Fsp3) is 0.435. The Balaban J connectivity index is 1.19. The number of hydrogen-bond donors (Lipinski definition) is 0. The lowest BCUT2D eigenvalue weighted by atomic mass is 9.92. The minimum atomic E-state index is 0.466. The summed E-state index contributed by atoms with van der Waals surface area (Å²) in [6, 6.07) is 11.2. The van der Waals surface area contributed by atoms with Gasteiger partial charge in [0, 0.05) is 56.4 Å². The van der Waals surface area contributed by atoms with Gasteiger partial charge in [0.2, 0.25) is 0 Å². The summed E-state index contributed by atoms with van der Waals surface area (Å²) >= 11 is 0. The van der Waals surface area contributed by atoms with E-state index >= 15 is 0 Å². The van der Waals surface area contributed by atoms with E-state index in [2.05, 4.69) is 33.0 Å². The summed E-state index contributed by atoms with van der Waals surface area (Å²) in [5.41, 5.74) is 5.12. The molecule has 8 heteroatoms. The average Bonchev–Trinajstić information content (AvgIpc) is 3.41. The minimum Gasteiger partial charge on any atom is -0.423 e. The van der Waals surface area contributed by atoms with Crippen LogP contribution in [0.5, 0.6) is 0 Å². The number of hydrogen-bond acceptors (Lipinski definition) is 7. The van der Waals surface area contributed by atoms with Gasteiger partial charge >= 0.3 is 0 Å². The highest BCUT2D eigenvalue weighted by molar-refractivity contribution is 5.80. The molecule has 0 N–H and O–H groups in total. The molecule has 4 aromatic rings. The van der Waals surface area contributed by atoms with Crippen molar-refractivity contribution in [3.05, 3.63) is 42.2 Å². The lowest BCUT2D eigenvalue weighted by molar-refractivity contribution is 0.120. The quantitative estimate of drug-likeness (QED) is 0.505. The molecular formula is C23H26N6O2. The average molecular weight is 419 g/mol. The molecule has 2 aliphatic rings. The smallest absolute Gasteiger partial charge is 0.298 e. The lowest BCUT2D eigenvalue weighted by Crippen LogP contribution is -2.36. The number of morpholine rings is 1. The van der Waals surface area contributed by atoms with Crippen LogP contribution >= 0.6 is 0 Å². The summed E-state index contributed by atoms with van der Waals surface area (Å²) in [6.45, 7) is 5.10. The largest absolute Gasteiger partial charge is 0.423 e. The van der Waals surface area contributed by atoms with Crippen LogP contribution in [0.1, 0.15) is 24.5 Å². The summed E-state index contributed by atoms with van der Waals surface area (Å²) in [6.07, 6.45) is 3.99. The molecule has 3 aromatic heterocycles. The number of ether oxygens (including phenoxy) is 1. The van der Waals surface area contributed by atoms with E-state index in [1.165, 1.54) is 16.8 Å². The van der Waals surface area contributed by atoms with Crippen molar-refractivity contribution in [1.29, 1.82) is 0 Å². The van der Waals surface area contributed by atoms with Crippen LogP contribution in [0.25, 0.3) is 22.1 Å². The van der Waals surface area contributed by atoms with Crippen molar-refractivity contribution in [2.45, 2.75) is 18.8 Å². The van der Waals surface area contributed by atoms with Crippen LogP contribution in [0, 0.1) is 0 Å².